The number of piperazine rings is 1. The van der Waals surface area contributed by atoms with Crippen molar-refractivity contribution in [2.24, 2.45) is 0 Å². The molecule has 1 saturated heterocycles. The topological polar surface area (TPSA) is 53.5 Å². The van der Waals surface area contributed by atoms with E-state index in [2.05, 4.69) is 4.98 Å². The Hall–Kier alpha value is -1.43. The molecule has 92 valence electrons. The van der Waals surface area contributed by atoms with Crippen molar-refractivity contribution >= 4 is 23.2 Å². The number of rotatable bonds is 1. The molecule has 1 aliphatic rings. The second-order valence-electron chi connectivity index (χ2n) is 4.04. The Bertz CT molecular complexity index is 436. The summed E-state index contributed by atoms with van der Waals surface area (Å²) < 4.78 is 0. The molecule has 1 aliphatic heterocycles. The first-order chi connectivity index (χ1) is 8.08. The number of aromatic nitrogens is 1. The number of carbonyl (C=O) groups excluding carboxylic acids is 2. The summed E-state index contributed by atoms with van der Waals surface area (Å²) in [5.41, 5.74) is 0. The molecule has 2 heterocycles. The van der Waals surface area contributed by atoms with Gasteiger partial charge in [-0.3, -0.25) is 9.59 Å². The van der Waals surface area contributed by atoms with Gasteiger partial charge in [-0.2, -0.15) is 0 Å². The predicted octanol–water partition coefficient (Wildman–Crippen LogP) is 0.756. The maximum atomic E-state index is 12.1. The fraction of sp³-hybridized carbons (Fsp3) is 0.545. The van der Waals surface area contributed by atoms with Gasteiger partial charge in [0.25, 0.3) is 5.91 Å². The van der Waals surface area contributed by atoms with Crippen molar-refractivity contribution in [2.75, 3.05) is 26.2 Å². The lowest BCUT2D eigenvalue weighted by molar-refractivity contribution is -0.130. The Morgan fingerprint density at radius 3 is 2.29 bits per heavy atom. The Labute approximate surface area is 104 Å². The molecule has 0 unspecified atom stereocenters. The molecular weight excluding hydrogens is 238 g/mol. The summed E-state index contributed by atoms with van der Waals surface area (Å²) in [5.74, 6) is 0.101. The van der Waals surface area contributed by atoms with Gasteiger partial charge < -0.3 is 9.80 Å². The number of hydrogen-bond acceptors (Lipinski definition) is 4. The number of nitrogens with zero attached hydrogens (tertiary/aromatic N) is 3. The normalized spacial score (nSPS) is 16.1. The molecule has 0 aliphatic carbocycles. The summed E-state index contributed by atoms with van der Waals surface area (Å²) >= 11 is 1.41. The fourth-order valence-corrected chi connectivity index (χ4v) is 2.59. The Morgan fingerprint density at radius 1 is 1.24 bits per heavy atom. The minimum absolute atomic E-state index is 0.0267. The minimum Gasteiger partial charge on any atom is -0.339 e. The molecule has 0 radical (unpaired) electrons. The first-order valence-electron chi connectivity index (χ1n) is 5.55. The van der Waals surface area contributed by atoms with Gasteiger partial charge in [-0.1, -0.05) is 0 Å². The van der Waals surface area contributed by atoms with Gasteiger partial charge >= 0.3 is 0 Å². The van der Waals surface area contributed by atoms with E-state index in [0.717, 1.165) is 5.01 Å². The van der Waals surface area contributed by atoms with Crippen molar-refractivity contribution in [3.05, 3.63) is 16.1 Å². The van der Waals surface area contributed by atoms with Gasteiger partial charge in [-0.15, -0.1) is 11.3 Å². The molecule has 17 heavy (non-hydrogen) atoms. The average molecular weight is 253 g/mol. The van der Waals surface area contributed by atoms with Crippen LogP contribution >= 0.6 is 11.3 Å². The summed E-state index contributed by atoms with van der Waals surface area (Å²) in [5, 5.41) is 0.899. The third-order valence-corrected chi connectivity index (χ3v) is 3.75. The van der Waals surface area contributed by atoms with Crippen molar-refractivity contribution < 1.29 is 9.59 Å². The van der Waals surface area contributed by atoms with E-state index in [9.17, 15) is 9.59 Å². The van der Waals surface area contributed by atoms with Crippen LogP contribution in [0, 0.1) is 6.92 Å². The molecule has 2 rings (SSSR count). The van der Waals surface area contributed by atoms with Crippen molar-refractivity contribution in [1.82, 2.24) is 14.8 Å². The molecule has 5 nitrogen and oxygen atoms in total. The zero-order valence-corrected chi connectivity index (χ0v) is 10.8. The van der Waals surface area contributed by atoms with Crippen LogP contribution in [0.25, 0.3) is 0 Å². The van der Waals surface area contributed by atoms with E-state index < -0.39 is 0 Å². The second kappa shape index (κ2) is 4.83. The van der Waals surface area contributed by atoms with Gasteiger partial charge in [0.2, 0.25) is 5.91 Å². The van der Waals surface area contributed by atoms with Gasteiger partial charge in [0.15, 0.2) is 0 Å². The van der Waals surface area contributed by atoms with Crippen molar-refractivity contribution in [1.29, 1.82) is 0 Å². The summed E-state index contributed by atoms with van der Waals surface area (Å²) in [6, 6.07) is 0. The number of amides is 2. The summed E-state index contributed by atoms with van der Waals surface area (Å²) in [6.07, 6.45) is 1.62. The molecule has 0 bridgehead atoms. The SMILES string of the molecule is CC(=O)N1CCN(C(=O)c2cnc(C)s2)CC1. The first kappa shape index (κ1) is 12.0. The molecule has 2 amide bonds. The third kappa shape index (κ3) is 2.63. The maximum Gasteiger partial charge on any atom is 0.265 e. The van der Waals surface area contributed by atoms with E-state index in [-0.39, 0.29) is 11.8 Å². The standard InChI is InChI=1S/C11H15N3O2S/c1-8-12-7-10(17-8)11(16)14-5-3-13(4-6-14)9(2)15/h7H,3-6H2,1-2H3. The van der Waals surface area contributed by atoms with E-state index in [1.807, 2.05) is 6.92 Å². The van der Waals surface area contributed by atoms with Crippen molar-refractivity contribution in [2.45, 2.75) is 13.8 Å². The van der Waals surface area contributed by atoms with Gasteiger partial charge in [0, 0.05) is 33.1 Å². The first-order valence-corrected chi connectivity index (χ1v) is 6.37. The van der Waals surface area contributed by atoms with Crippen LogP contribution in [0.2, 0.25) is 0 Å². The van der Waals surface area contributed by atoms with Gasteiger partial charge in [-0.25, -0.2) is 4.98 Å². The van der Waals surface area contributed by atoms with Crippen LogP contribution in [-0.2, 0) is 4.79 Å². The van der Waals surface area contributed by atoms with Gasteiger partial charge in [-0.05, 0) is 6.92 Å². The number of aryl methyl sites for hydroxylation is 1. The molecule has 0 N–H and O–H groups in total. The maximum absolute atomic E-state index is 12.1. The fourth-order valence-electron chi connectivity index (χ4n) is 1.84. The quantitative estimate of drug-likeness (QED) is 0.742. The summed E-state index contributed by atoms with van der Waals surface area (Å²) in [7, 11) is 0. The number of thiazole rings is 1. The Balaban J connectivity index is 1.97. The largest absolute Gasteiger partial charge is 0.339 e. The molecule has 0 aromatic carbocycles. The molecule has 0 atom stereocenters. The van der Waals surface area contributed by atoms with E-state index in [1.54, 1.807) is 22.9 Å². The van der Waals surface area contributed by atoms with E-state index in [0.29, 0.717) is 31.1 Å². The van der Waals surface area contributed by atoms with Gasteiger partial charge in [0.05, 0.1) is 11.2 Å². The monoisotopic (exact) mass is 253 g/mol. The van der Waals surface area contributed by atoms with Crippen LogP contribution in [0.3, 0.4) is 0 Å². The molecule has 0 saturated carbocycles. The highest BCUT2D eigenvalue weighted by atomic mass is 32.1. The zero-order chi connectivity index (χ0) is 12.4. The minimum atomic E-state index is 0.0267. The highest BCUT2D eigenvalue weighted by molar-refractivity contribution is 7.13. The molecule has 6 heteroatoms. The lowest BCUT2D eigenvalue weighted by Crippen LogP contribution is -2.49. The third-order valence-electron chi connectivity index (χ3n) is 2.84. The molecule has 1 aromatic rings. The molecule has 1 aromatic heterocycles. The highest BCUT2D eigenvalue weighted by Crippen LogP contribution is 2.15. The van der Waals surface area contributed by atoms with Crippen LogP contribution in [0.1, 0.15) is 21.6 Å². The number of hydrogen-bond donors (Lipinski definition) is 0. The van der Waals surface area contributed by atoms with Crippen LogP contribution in [0.5, 0.6) is 0 Å². The van der Waals surface area contributed by atoms with Gasteiger partial charge in [0.1, 0.15) is 4.88 Å². The lowest BCUT2D eigenvalue weighted by Gasteiger charge is -2.33. The zero-order valence-electron chi connectivity index (χ0n) is 9.97. The molecular formula is C11H15N3O2S. The van der Waals surface area contributed by atoms with Crippen LogP contribution < -0.4 is 0 Å². The summed E-state index contributed by atoms with van der Waals surface area (Å²) in [4.78, 5) is 31.6. The average Bonchev–Trinajstić information content (AvgIpc) is 2.75. The van der Waals surface area contributed by atoms with E-state index in [1.165, 1.54) is 11.3 Å². The Kier molecular flexibility index (Phi) is 3.42. The van der Waals surface area contributed by atoms with Crippen LogP contribution in [-0.4, -0.2) is 52.8 Å². The predicted molar refractivity (Wildman–Crippen MR) is 65.0 cm³/mol. The Morgan fingerprint density at radius 2 is 1.82 bits per heavy atom. The lowest BCUT2D eigenvalue weighted by atomic mass is 10.3. The highest BCUT2D eigenvalue weighted by Gasteiger charge is 2.24. The summed E-state index contributed by atoms with van der Waals surface area (Å²) in [6.45, 7) is 5.90. The number of carbonyl (C=O) groups is 2. The van der Waals surface area contributed by atoms with E-state index >= 15 is 0 Å². The second-order valence-corrected chi connectivity index (χ2v) is 5.28. The molecule has 0 spiro atoms. The molecule has 1 fully saturated rings. The van der Waals surface area contributed by atoms with Crippen LogP contribution in [0.4, 0.5) is 0 Å². The van der Waals surface area contributed by atoms with Crippen molar-refractivity contribution in [3.63, 3.8) is 0 Å². The smallest absolute Gasteiger partial charge is 0.265 e. The van der Waals surface area contributed by atoms with E-state index in [4.69, 9.17) is 0 Å². The van der Waals surface area contributed by atoms with Crippen LogP contribution in [0.15, 0.2) is 6.20 Å². The van der Waals surface area contributed by atoms with Crippen molar-refractivity contribution in [3.8, 4) is 0 Å².